The maximum absolute atomic E-state index is 14.8. The summed E-state index contributed by atoms with van der Waals surface area (Å²) in [5.74, 6) is -3.00. The summed E-state index contributed by atoms with van der Waals surface area (Å²) >= 11 is 0. The van der Waals surface area contributed by atoms with Crippen molar-refractivity contribution < 1.29 is 13.6 Å². The number of ketones is 1. The van der Waals surface area contributed by atoms with Crippen LogP contribution in [0.15, 0.2) is 72.9 Å². The number of halogens is 2. The maximum atomic E-state index is 14.8. The van der Waals surface area contributed by atoms with Gasteiger partial charge in [-0.2, -0.15) is 10.5 Å². The van der Waals surface area contributed by atoms with Gasteiger partial charge in [-0.3, -0.25) is 4.79 Å². The lowest BCUT2D eigenvalue weighted by molar-refractivity contribution is 0.102. The molecule has 0 unspecified atom stereocenters. The Bertz CT molecular complexity index is 1430. The monoisotopic (exact) mass is 452 g/mol. The lowest BCUT2D eigenvalue weighted by Gasteiger charge is -2.10. The van der Waals surface area contributed by atoms with Gasteiger partial charge in [0.2, 0.25) is 11.7 Å². The molecule has 1 aromatic heterocycles. The molecule has 164 valence electrons. The number of rotatable bonds is 6. The van der Waals surface area contributed by atoms with E-state index in [9.17, 15) is 13.6 Å². The third-order valence-electron chi connectivity index (χ3n) is 4.73. The van der Waals surface area contributed by atoms with Crippen LogP contribution in [0.5, 0.6) is 0 Å². The maximum Gasteiger partial charge on any atom is 0.227 e. The molecular weight excluding hydrogens is 438 g/mol. The predicted molar refractivity (Wildman–Crippen MR) is 121 cm³/mol. The van der Waals surface area contributed by atoms with Crippen molar-refractivity contribution in [1.29, 1.82) is 10.5 Å². The molecule has 0 saturated heterocycles. The number of benzene rings is 3. The fraction of sp³-hybridized carbons (Fsp3) is 0. The first-order valence-electron chi connectivity index (χ1n) is 9.88. The Morgan fingerprint density at radius 1 is 0.765 bits per heavy atom. The minimum Gasteiger partial charge on any atom is -0.355 e. The molecule has 0 bridgehead atoms. The van der Waals surface area contributed by atoms with E-state index in [1.54, 1.807) is 48.5 Å². The van der Waals surface area contributed by atoms with Gasteiger partial charge in [0.15, 0.2) is 0 Å². The van der Waals surface area contributed by atoms with Gasteiger partial charge in [-0.05, 0) is 66.7 Å². The van der Waals surface area contributed by atoms with E-state index in [-0.39, 0.29) is 17.3 Å². The average Bonchev–Trinajstić information content (AvgIpc) is 2.84. The number of hydrogen-bond acceptors (Lipinski definition) is 7. The smallest absolute Gasteiger partial charge is 0.227 e. The second kappa shape index (κ2) is 9.55. The molecule has 1 heterocycles. The Balaban J connectivity index is 1.55. The van der Waals surface area contributed by atoms with Crippen molar-refractivity contribution in [2.24, 2.45) is 0 Å². The molecule has 0 aliphatic carbocycles. The highest BCUT2D eigenvalue weighted by Crippen LogP contribution is 2.25. The van der Waals surface area contributed by atoms with Crippen molar-refractivity contribution in [2.75, 3.05) is 10.6 Å². The highest BCUT2D eigenvalue weighted by Gasteiger charge is 2.22. The van der Waals surface area contributed by atoms with E-state index in [2.05, 4.69) is 20.6 Å². The van der Waals surface area contributed by atoms with Crippen LogP contribution in [0.3, 0.4) is 0 Å². The molecule has 0 radical (unpaired) electrons. The Morgan fingerprint density at radius 2 is 1.29 bits per heavy atom. The van der Waals surface area contributed by atoms with E-state index in [0.29, 0.717) is 22.5 Å². The molecule has 3 aromatic carbocycles. The van der Waals surface area contributed by atoms with Crippen LogP contribution in [0.25, 0.3) is 0 Å². The molecule has 9 heteroatoms. The van der Waals surface area contributed by atoms with Gasteiger partial charge in [0.25, 0.3) is 0 Å². The summed E-state index contributed by atoms with van der Waals surface area (Å²) in [4.78, 5) is 20.9. The van der Waals surface area contributed by atoms with Gasteiger partial charge in [0.1, 0.15) is 17.3 Å². The number of anilines is 4. The molecule has 0 saturated carbocycles. The fourth-order valence-electron chi connectivity index (χ4n) is 3.09. The molecule has 34 heavy (non-hydrogen) atoms. The third kappa shape index (κ3) is 4.85. The minimum absolute atomic E-state index is 0.0514. The van der Waals surface area contributed by atoms with E-state index < -0.39 is 23.0 Å². The summed E-state index contributed by atoms with van der Waals surface area (Å²) in [6, 6.07) is 20.0. The van der Waals surface area contributed by atoms with Gasteiger partial charge in [0.05, 0.1) is 28.8 Å². The van der Waals surface area contributed by atoms with Crippen LogP contribution in [0.2, 0.25) is 0 Å². The zero-order valence-electron chi connectivity index (χ0n) is 17.4. The predicted octanol–water partition coefficient (Wildman–Crippen LogP) is 5.22. The number of hydrogen-bond donors (Lipinski definition) is 2. The molecule has 4 aromatic rings. The number of nitrogens with zero attached hydrogens (tertiary/aromatic N) is 4. The van der Waals surface area contributed by atoms with E-state index >= 15 is 0 Å². The van der Waals surface area contributed by atoms with Crippen LogP contribution < -0.4 is 10.6 Å². The van der Waals surface area contributed by atoms with Crippen molar-refractivity contribution in [3.8, 4) is 12.1 Å². The van der Waals surface area contributed by atoms with E-state index in [0.717, 1.165) is 12.1 Å². The number of aromatic nitrogens is 2. The molecule has 0 aliphatic heterocycles. The Kier molecular flexibility index (Phi) is 6.20. The first kappa shape index (κ1) is 22.1. The second-order valence-electron chi connectivity index (χ2n) is 7.04. The summed E-state index contributed by atoms with van der Waals surface area (Å²) in [7, 11) is 0. The lowest BCUT2D eigenvalue weighted by Crippen LogP contribution is -2.11. The van der Waals surface area contributed by atoms with Crippen molar-refractivity contribution in [2.45, 2.75) is 0 Å². The van der Waals surface area contributed by atoms with Crippen molar-refractivity contribution in [1.82, 2.24) is 9.97 Å². The first-order valence-corrected chi connectivity index (χ1v) is 9.88. The van der Waals surface area contributed by atoms with E-state index in [1.165, 1.54) is 12.3 Å². The topological polar surface area (TPSA) is 114 Å². The minimum atomic E-state index is -1.05. The summed E-state index contributed by atoms with van der Waals surface area (Å²) in [5.41, 5.74) is 1.16. The zero-order valence-corrected chi connectivity index (χ0v) is 17.4. The van der Waals surface area contributed by atoms with Crippen LogP contribution in [0.4, 0.5) is 31.8 Å². The largest absolute Gasteiger partial charge is 0.355 e. The van der Waals surface area contributed by atoms with Crippen molar-refractivity contribution in [3.05, 3.63) is 107 Å². The van der Waals surface area contributed by atoms with Gasteiger partial charge < -0.3 is 10.6 Å². The van der Waals surface area contributed by atoms with Crippen LogP contribution in [0, 0.1) is 34.3 Å². The van der Waals surface area contributed by atoms with Gasteiger partial charge in [-0.1, -0.05) is 0 Å². The highest BCUT2D eigenvalue weighted by molar-refractivity contribution is 6.08. The molecule has 0 amide bonds. The molecule has 0 fully saturated rings. The Hall–Kier alpha value is -5.15. The Morgan fingerprint density at radius 3 is 1.82 bits per heavy atom. The fourth-order valence-corrected chi connectivity index (χ4v) is 3.09. The van der Waals surface area contributed by atoms with Crippen LogP contribution in [-0.2, 0) is 0 Å². The molecule has 0 spiro atoms. The zero-order chi connectivity index (χ0) is 24.1. The normalized spacial score (nSPS) is 10.1. The number of nitrogens with one attached hydrogen (secondary N) is 2. The standard InChI is InChI=1S/C25H14F2N6O/c26-20-11-19(31-17-5-1-15(13-28)2-6-17)12-21(27)23(20)24(34)22-9-10-30-25(33-22)32-18-7-3-16(14-29)4-8-18/h1-12,31H,(H,30,32,33). The number of carbonyl (C=O) groups excluding carboxylic acids is 1. The Labute approximate surface area is 193 Å². The molecular formula is C25H14F2N6O. The summed E-state index contributed by atoms with van der Waals surface area (Å²) in [6.07, 6.45) is 1.29. The average molecular weight is 452 g/mol. The highest BCUT2D eigenvalue weighted by atomic mass is 19.1. The molecule has 4 rings (SSSR count). The van der Waals surface area contributed by atoms with Gasteiger partial charge in [0, 0.05) is 23.3 Å². The number of carbonyl (C=O) groups is 1. The SMILES string of the molecule is N#Cc1ccc(Nc2cc(F)c(C(=O)c3ccnc(Nc4ccc(C#N)cc4)n3)c(F)c2)cc1. The second-order valence-corrected chi connectivity index (χ2v) is 7.04. The van der Waals surface area contributed by atoms with Crippen LogP contribution in [-0.4, -0.2) is 15.8 Å². The van der Waals surface area contributed by atoms with Gasteiger partial charge in [-0.15, -0.1) is 0 Å². The van der Waals surface area contributed by atoms with E-state index in [1.807, 2.05) is 12.1 Å². The van der Waals surface area contributed by atoms with Crippen molar-refractivity contribution in [3.63, 3.8) is 0 Å². The molecule has 2 N–H and O–H groups in total. The quantitative estimate of drug-likeness (QED) is 0.386. The summed E-state index contributed by atoms with van der Waals surface area (Å²) < 4.78 is 29.5. The number of nitriles is 2. The van der Waals surface area contributed by atoms with Crippen LogP contribution in [0.1, 0.15) is 27.2 Å². The van der Waals surface area contributed by atoms with Gasteiger partial charge >= 0.3 is 0 Å². The summed E-state index contributed by atoms with van der Waals surface area (Å²) in [6.45, 7) is 0. The molecule has 0 aliphatic rings. The first-order chi connectivity index (χ1) is 16.5. The van der Waals surface area contributed by atoms with Crippen molar-refractivity contribution >= 4 is 28.8 Å². The van der Waals surface area contributed by atoms with Gasteiger partial charge in [-0.25, -0.2) is 18.7 Å². The van der Waals surface area contributed by atoms with Crippen LogP contribution >= 0.6 is 0 Å². The summed E-state index contributed by atoms with van der Waals surface area (Å²) in [5, 5.41) is 23.4. The lowest BCUT2D eigenvalue weighted by atomic mass is 10.1. The van der Waals surface area contributed by atoms with E-state index in [4.69, 9.17) is 10.5 Å². The molecule has 0 atom stereocenters. The molecule has 7 nitrogen and oxygen atoms in total. The third-order valence-corrected chi connectivity index (χ3v) is 4.73.